The second kappa shape index (κ2) is 5.99. The van der Waals surface area contributed by atoms with E-state index in [-0.39, 0.29) is 18.0 Å². The highest BCUT2D eigenvalue weighted by atomic mass is 32.1. The molecule has 0 bridgehead atoms. The molecular weight excluding hydrogens is 256 g/mol. The van der Waals surface area contributed by atoms with Gasteiger partial charge < -0.3 is 5.73 Å². The van der Waals surface area contributed by atoms with E-state index >= 15 is 0 Å². The molecule has 1 aromatic carbocycles. The zero-order valence-corrected chi connectivity index (χ0v) is 11.9. The number of primary amides is 1. The molecule has 0 saturated heterocycles. The minimum Gasteiger partial charge on any atom is -0.368 e. The lowest BCUT2D eigenvalue weighted by molar-refractivity contribution is -0.119. The first-order valence-corrected chi connectivity index (χ1v) is 7.11. The fourth-order valence-electron chi connectivity index (χ4n) is 1.89. The number of aryl methyl sites for hydroxylation is 1. The summed E-state index contributed by atoms with van der Waals surface area (Å²) in [5.74, 6) is -0.339. The van der Waals surface area contributed by atoms with Gasteiger partial charge in [-0.15, -0.1) is 11.3 Å². The lowest BCUT2D eigenvalue weighted by atomic mass is 10.0. The summed E-state index contributed by atoms with van der Waals surface area (Å²) >= 11 is 1.67. The van der Waals surface area contributed by atoms with E-state index in [0.29, 0.717) is 0 Å². The minimum atomic E-state index is -0.367. The van der Waals surface area contributed by atoms with Crippen molar-refractivity contribution in [3.63, 3.8) is 0 Å². The van der Waals surface area contributed by atoms with E-state index in [2.05, 4.69) is 42.6 Å². The number of carbonyl (C=O) groups is 1. The maximum atomic E-state index is 11.3. The first-order chi connectivity index (χ1) is 9.08. The molecule has 1 aromatic heterocycles. The summed E-state index contributed by atoms with van der Waals surface area (Å²) in [7, 11) is 0. The van der Waals surface area contributed by atoms with Gasteiger partial charge in [-0.05, 0) is 30.9 Å². The van der Waals surface area contributed by atoms with Crippen LogP contribution in [-0.2, 0) is 4.79 Å². The third-order valence-corrected chi connectivity index (χ3v) is 4.02. The molecule has 0 saturated carbocycles. The molecule has 0 unspecified atom stereocenters. The van der Waals surface area contributed by atoms with Crippen molar-refractivity contribution >= 4 is 17.2 Å². The van der Waals surface area contributed by atoms with Gasteiger partial charge in [0.15, 0.2) is 0 Å². The number of benzene rings is 1. The lowest BCUT2D eigenvalue weighted by Crippen LogP contribution is -2.40. The average molecular weight is 274 g/mol. The maximum absolute atomic E-state index is 11.3. The molecule has 0 fully saturated rings. The number of nitrogens with two attached hydrogens (primary N) is 1. The van der Waals surface area contributed by atoms with Gasteiger partial charge in [-0.3, -0.25) is 10.1 Å². The van der Waals surface area contributed by atoms with E-state index in [9.17, 15) is 4.79 Å². The molecule has 3 N–H and O–H groups in total. The smallest absolute Gasteiger partial charge is 0.234 e. The van der Waals surface area contributed by atoms with E-state index < -0.39 is 0 Å². The van der Waals surface area contributed by atoms with Crippen LogP contribution in [0.4, 0.5) is 0 Å². The summed E-state index contributed by atoms with van der Waals surface area (Å²) in [6.45, 7) is 3.85. The predicted octanol–water partition coefficient (Wildman–Crippen LogP) is 2.61. The van der Waals surface area contributed by atoms with Crippen LogP contribution in [0.3, 0.4) is 0 Å². The Morgan fingerprint density at radius 1 is 1.26 bits per heavy atom. The van der Waals surface area contributed by atoms with Gasteiger partial charge in [0.1, 0.15) is 0 Å². The van der Waals surface area contributed by atoms with Crippen LogP contribution in [0.1, 0.15) is 29.0 Å². The van der Waals surface area contributed by atoms with Crippen molar-refractivity contribution in [3.8, 4) is 0 Å². The predicted molar refractivity (Wildman–Crippen MR) is 79.1 cm³/mol. The van der Waals surface area contributed by atoms with Crippen LogP contribution in [0.25, 0.3) is 0 Å². The number of amides is 1. The van der Waals surface area contributed by atoms with Gasteiger partial charge in [-0.1, -0.05) is 35.9 Å². The highest BCUT2D eigenvalue weighted by Crippen LogP contribution is 2.26. The first kappa shape index (κ1) is 13.8. The molecule has 0 aliphatic rings. The number of hydrogen-bond acceptors (Lipinski definition) is 3. The molecule has 2 aromatic rings. The van der Waals surface area contributed by atoms with Gasteiger partial charge in [0.05, 0.1) is 12.1 Å². The van der Waals surface area contributed by atoms with Gasteiger partial charge in [0, 0.05) is 4.88 Å². The van der Waals surface area contributed by atoms with Crippen LogP contribution in [0.2, 0.25) is 0 Å². The van der Waals surface area contributed by atoms with Gasteiger partial charge in [0.25, 0.3) is 0 Å². The second-order valence-corrected chi connectivity index (χ2v) is 5.63. The van der Waals surface area contributed by atoms with Crippen molar-refractivity contribution in [2.24, 2.45) is 5.73 Å². The number of hydrogen-bond donors (Lipinski definition) is 2. The molecule has 100 valence electrons. The Hall–Kier alpha value is -1.65. The molecule has 0 radical (unpaired) electrons. The zero-order valence-electron chi connectivity index (χ0n) is 11.1. The third-order valence-electron chi connectivity index (χ3n) is 3.08. The fourth-order valence-corrected chi connectivity index (χ4v) is 2.70. The van der Waals surface area contributed by atoms with Crippen molar-refractivity contribution in [2.75, 3.05) is 0 Å². The average Bonchev–Trinajstić information content (AvgIpc) is 2.90. The van der Waals surface area contributed by atoms with E-state index in [1.165, 1.54) is 10.4 Å². The Kier molecular flexibility index (Phi) is 4.35. The molecule has 1 heterocycles. The molecule has 2 rings (SSSR count). The molecule has 0 spiro atoms. The second-order valence-electron chi connectivity index (χ2n) is 4.65. The third kappa shape index (κ3) is 3.43. The van der Waals surface area contributed by atoms with Crippen LogP contribution in [0, 0.1) is 6.92 Å². The largest absolute Gasteiger partial charge is 0.368 e. The van der Waals surface area contributed by atoms with Crippen LogP contribution in [0.15, 0.2) is 41.8 Å². The minimum absolute atomic E-state index is 0.00287. The quantitative estimate of drug-likeness (QED) is 0.880. The van der Waals surface area contributed by atoms with Gasteiger partial charge >= 0.3 is 0 Å². The van der Waals surface area contributed by atoms with E-state index in [0.717, 1.165) is 5.56 Å². The van der Waals surface area contributed by atoms with Crippen molar-refractivity contribution < 1.29 is 4.79 Å². The van der Waals surface area contributed by atoms with E-state index in [1.807, 2.05) is 11.4 Å². The van der Waals surface area contributed by atoms with Gasteiger partial charge in [-0.2, -0.15) is 0 Å². The van der Waals surface area contributed by atoms with E-state index in [4.69, 9.17) is 5.73 Å². The van der Waals surface area contributed by atoms with Crippen LogP contribution in [-0.4, -0.2) is 11.9 Å². The van der Waals surface area contributed by atoms with Crippen molar-refractivity contribution in [1.82, 2.24) is 5.32 Å². The molecule has 19 heavy (non-hydrogen) atoms. The Morgan fingerprint density at radius 3 is 2.47 bits per heavy atom. The van der Waals surface area contributed by atoms with Gasteiger partial charge in [0.2, 0.25) is 5.91 Å². The highest BCUT2D eigenvalue weighted by Gasteiger charge is 2.19. The molecule has 2 atom stereocenters. The molecule has 0 aliphatic heterocycles. The number of rotatable bonds is 5. The molecule has 0 aliphatic carbocycles. The summed E-state index contributed by atoms with van der Waals surface area (Å²) in [6, 6.07) is 12.0. The maximum Gasteiger partial charge on any atom is 0.234 e. The Morgan fingerprint density at radius 2 is 1.95 bits per heavy atom. The topological polar surface area (TPSA) is 55.1 Å². The molecule has 4 heteroatoms. The van der Waals surface area contributed by atoms with Crippen molar-refractivity contribution in [1.29, 1.82) is 0 Å². The summed E-state index contributed by atoms with van der Waals surface area (Å²) < 4.78 is 0. The zero-order chi connectivity index (χ0) is 13.8. The summed E-state index contributed by atoms with van der Waals surface area (Å²) in [6.07, 6.45) is 0. The highest BCUT2D eigenvalue weighted by molar-refractivity contribution is 7.10. The van der Waals surface area contributed by atoms with Crippen LogP contribution < -0.4 is 11.1 Å². The fraction of sp³-hybridized carbons (Fsp3) is 0.267. The van der Waals surface area contributed by atoms with Crippen molar-refractivity contribution in [3.05, 3.63) is 57.8 Å². The summed E-state index contributed by atoms with van der Waals surface area (Å²) in [5, 5.41) is 5.33. The number of thiophene rings is 1. The standard InChI is InChI=1S/C15H18N2OS/c1-10-5-7-12(8-6-10)14(13-4-3-9-19-13)17-11(2)15(16)18/h3-9,11,14,17H,1-2H3,(H2,16,18)/t11-,14-/m0/s1. The summed E-state index contributed by atoms with van der Waals surface area (Å²) in [4.78, 5) is 12.4. The molecular formula is C15H18N2OS. The summed E-state index contributed by atoms with van der Waals surface area (Å²) in [5.41, 5.74) is 7.70. The van der Waals surface area contributed by atoms with Crippen molar-refractivity contribution in [2.45, 2.75) is 25.9 Å². The van der Waals surface area contributed by atoms with Crippen LogP contribution in [0.5, 0.6) is 0 Å². The monoisotopic (exact) mass is 274 g/mol. The van der Waals surface area contributed by atoms with E-state index in [1.54, 1.807) is 18.3 Å². The SMILES string of the molecule is Cc1ccc([C@H](N[C@@H](C)C(N)=O)c2cccs2)cc1. The van der Waals surface area contributed by atoms with Gasteiger partial charge in [-0.25, -0.2) is 0 Å². The first-order valence-electron chi connectivity index (χ1n) is 6.23. The number of nitrogens with one attached hydrogen (secondary N) is 1. The Bertz CT molecular complexity index is 534. The normalized spacial score (nSPS) is 14.0. The Labute approximate surface area is 117 Å². The molecule has 3 nitrogen and oxygen atoms in total. The Balaban J connectivity index is 2.29. The number of carbonyl (C=O) groups excluding carboxylic acids is 1. The lowest BCUT2D eigenvalue weighted by Gasteiger charge is -2.21. The van der Waals surface area contributed by atoms with Crippen LogP contribution >= 0.6 is 11.3 Å². The molecule has 1 amide bonds.